The van der Waals surface area contributed by atoms with Crippen LogP contribution in [0.4, 0.5) is 65.9 Å². The van der Waals surface area contributed by atoms with Gasteiger partial charge in [-0.25, -0.2) is 4.79 Å². The minimum atomic E-state index is -8.39. The van der Waals surface area contributed by atoms with Crippen molar-refractivity contribution in [3.63, 3.8) is 0 Å². The zero-order valence-electron chi connectivity index (χ0n) is 26.5. The Labute approximate surface area is 281 Å². The van der Waals surface area contributed by atoms with E-state index in [0.717, 1.165) is 50.5 Å². The largest absolute Gasteiger partial charge is 0.460 e. The Morgan fingerprint density at radius 2 is 1.20 bits per heavy atom. The summed E-state index contributed by atoms with van der Waals surface area (Å²) in [6.45, 7) is 2.09. The Balaban J connectivity index is 1.72. The Bertz CT molecular complexity index is 1540. The van der Waals surface area contributed by atoms with Crippen LogP contribution in [0, 0.1) is 16.7 Å². The molecule has 0 saturated heterocycles. The van der Waals surface area contributed by atoms with Gasteiger partial charge in [0.15, 0.2) is 0 Å². The lowest BCUT2D eigenvalue weighted by Crippen LogP contribution is -2.72. The fourth-order valence-electron chi connectivity index (χ4n) is 5.75. The highest BCUT2D eigenvalue weighted by Crippen LogP contribution is 2.63. The highest BCUT2D eigenvalue weighted by molar-refractivity contribution is 5.91. The Morgan fingerprint density at radius 1 is 0.706 bits per heavy atom. The number of hydrogen-bond donors (Lipinski definition) is 0. The van der Waals surface area contributed by atoms with Crippen LogP contribution in [0.1, 0.15) is 92.1 Å². The molecule has 1 saturated carbocycles. The van der Waals surface area contributed by atoms with Crippen LogP contribution in [-0.4, -0.2) is 41.8 Å². The van der Waals surface area contributed by atoms with Crippen LogP contribution in [-0.2, 0) is 5.92 Å². The number of benzene rings is 2. The van der Waals surface area contributed by atoms with E-state index in [1.807, 2.05) is 0 Å². The van der Waals surface area contributed by atoms with Crippen LogP contribution in [0.2, 0.25) is 0 Å². The van der Waals surface area contributed by atoms with Crippen molar-refractivity contribution in [1.82, 2.24) is 0 Å². The summed E-state index contributed by atoms with van der Waals surface area (Å²) < 4.78 is 208. The summed E-state index contributed by atoms with van der Waals surface area (Å²) in [6, 6.07) is 8.61. The summed E-state index contributed by atoms with van der Waals surface area (Å²) in [5.74, 6) is -48.6. The number of carbonyl (C=O) groups excluding carboxylic acids is 1. The van der Waals surface area contributed by atoms with E-state index in [9.17, 15) is 75.9 Å². The van der Waals surface area contributed by atoms with Gasteiger partial charge in [-0.05, 0) is 67.9 Å². The van der Waals surface area contributed by atoms with Crippen LogP contribution in [0.15, 0.2) is 48.5 Å². The highest BCUT2D eigenvalue weighted by atomic mass is 19.4. The molecule has 0 spiro atoms. The van der Waals surface area contributed by atoms with Gasteiger partial charge in [0.05, 0.1) is 17.0 Å². The molecule has 2 aromatic rings. The quantitative estimate of drug-likeness (QED) is 0.0835. The van der Waals surface area contributed by atoms with E-state index in [1.54, 1.807) is 12.1 Å². The van der Waals surface area contributed by atoms with Gasteiger partial charge in [0, 0.05) is 5.56 Å². The number of alkyl halides is 15. The predicted octanol–water partition coefficient (Wildman–Crippen LogP) is 11.9. The molecule has 1 aliphatic rings. The third-order valence-corrected chi connectivity index (χ3v) is 9.06. The second-order valence-corrected chi connectivity index (χ2v) is 12.5. The number of esters is 1. The van der Waals surface area contributed by atoms with Crippen molar-refractivity contribution in [2.45, 2.75) is 112 Å². The van der Waals surface area contributed by atoms with Gasteiger partial charge in [-0.15, -0.1) is 0 Å². The second kappa shape index (κ2) is 14.4. The van der Waals surface area contributed by atoms with Gasteiger partial charge >= 0.3 is 47.7 Å². The van der Waals surface area contributed by atoms with Crippen molar-refractivity contribution in [2.24, 2.45) is 5.41 Å². The number of unbranched alkanes of at least 4 members (excludes halogenated alkanes) is 3. The second-order valence-electron chi connectivity index (χ2n) is 12.5. The minimum absolute atomic E-state index is 0.0961. The summed E-state index contributed by atoms with van der Waals surface area (Å²) in [7, 11) is 0. The third kappa shape index (κ3) is 7.49. The molecule has 0 radical (unpaired) electrons. The number of halogens is 15. The van der Waals surface area contributed by atoms with Gasteiger partial charge in [-0.1, -0.05) is 56.9 Å². The molecule has 3 rings (SSSR count). The van der Waals surface area contributed by atoms with E-state index in [1.165, 1.54) is 12.1 Å². The smallest absolute Gasteiger partial charge is 0.423 e. The maximum Gasteiger partial charge on any atom is 0.460 e. The molecule has 0 N–H and O–H groups in total. The molecule has 2 aromatic carbocycles. The van der Waals surface area contributed by atoms with Crippen molar-refractivity contribution in [3.05, 3.63) is 65.2 Å². The number of nitriles is 1. The van der Waals surface area contributed by atoms with Crippen LogP contribution in [0.3, 0.4) is 0 Å². The molecule has 0 bridgehead atoms. The molecule has 284 valence electrons. The summed E-state index contributed by atoms with van der Waals surface area (Å²) in [5.41, 5.74) is -2.57. The lowest BCUT2D eigenvalue weighted by Gasteiger charge is -2.41. The molecule has 0 amide bonds. The number of ether oxygens (including phenoxy) is 1. The molecule has 3 nitrogen and oxygen atoms in total. The molecular formula is C33H30F15NO2. The van der Waals surface area contributed by atoms with Crippen molar-refractivity contribution in [1.29, 1.82) is 5.26 Å². The molecule has 0 heterocycles. The zero-order valence-corrected chi connectivity index (χ0v) is 26.5. The van der Waals surface area contributed by atoms with E-state index in [2.05, 4.69) is 13.0 Å². The van der Waals surface area contributed by atoms with Crippen LogP contribution >= 0.6 is 0 Å². The molecular weight excluding hydrogens is 727 g/mol. The SMILES string of the molecule is CCCCCCC1(C#N)CCC(c2ccc(OC(=O)c3ccc(C(F)(F)C(F)(F)C(F)(F)C(F)(F)C(F)(F)C(F)(F)C(F)(F)F)cc3)cc2)CC1. The van der Waals surface area contributed by atoms with E-state index in [0.29, 0.717) is 12.8 Å². The minimum Gasteiger partial charge on any atom is -0.423 e. The van der Waals surface area contributed by atoms with Gasteiger partial charge in [-0.2, -0.15) is 71.1 Å². The topological polar surface area (TPSA) is 50.1 Å². The number of hydrogen-bond acceptors (Lipinski definition) is 3. The zero-order chi connectivity index (χ0) is 38.9. The fraction of sp³-hybridized carbons (Fsp3) is 0.576. The standard InChI is InChI=1S/C33H30F15NO2/c1-2-3-4-5-16-26(19-49)17-14-21(15-18-26)20-8-12-24(13-9-20)51-25(50)22-6-10-23(11-7-22)27(34,35)28(36,37)29(38,39)30(40,41)31(42,43)32(44,45)33(46,47)48/h6-13,21H,2-5,14-18H2,1H3. The van der Waals surface area contributed by atoms with E-state index < -0.39 is 64.2 Å². The lowest BCUT2D eigenvalue weighted by atomic mass is 9.67. The van der Waals surface area contributed by atoms with Crippen molar-refractivity contribution in [2.75, 3.05) is 0 Å². The van der Waals surface area contributed by atoms with Crippen molar-refractivity contribution >= 4 is 5.97 Å². The van der Waals surface area contributed by atoms with Gasteiger partial charge in [0.1, 0.15) is 5.75 Å². The van der Waals surface area contributed by atoms with E-state index in [-0.39, 0.29) is 35.9 Å². The van der Waals surface area contributed by atoms with E-state index in [4.69, 9.17) is 4.74 Å². The molecule has 0 aliphatic heterocycles. The van der Waals surface area contributed by atoms with Gasteiger partial charge in [0.25, 0.3) is 0 Å². The summed E-state index contributed by atoms with van der Waals surface area (Å²) >= 11 is 0. The summed E-state index contributed by atoms with van der Waals surface area (Å²) in [4.78, 5) is 12.5. The van der Waals surface area contributed by atoms with Gasteiger partial charge < -0.3 is 4.74 Å². The van der Waals surface area contributed by atoms with Crippen molar-refractivity contribution < 1.29 is 75.4 Å². The third-order valence-electron chi connectivity index (χ3n) is 9.06. The van der Waals surface area contributed by atoms with Crippen LogP contribution < -0.4 is 4.74 Å². The number of nitrogens with zero attached hydrogens (tertiary/aromatic N) is 1. The monoisotopic (exact) mass is 757 g/mol. The first-order valence-corrected chi connectivity index (χ1v) is 15.4. The molecule has 1 aliphatic carbocycles. The van der Waals surface area contributed by atoms with Crippen molar-refractivity contribution in [3.8, 4) is 11.8 Å². The first kappa shape index (κ1) is 41.8. The average Bonchev–Trinajstić information content (AvgIpc) is 3.06. The van der Waals surface area contributed by atoms with Crippen LogP contribution in [0.5, 0.6) is 5.75 Å². The number of rotatable bonds is 14. The average molecular weight is 758 g/mol. The van der Waals surface area contributed by atoms with Gasteiger partial charge in [0.2, 0.25) is 0 Å². The molecule has 0 atom stereocenters. The Kier molecular flexibility index (Phi) is 11.8. The maximum absolute atomic E-state index is 14.5. The Morgan fingerprint density at radius 3 is 1.67 bits per heavy atom. The first-order chi connectivity index (χ1) is 23.3. The highest BCUT2D eigenvalue weighted by Gasteiger charge is 2.93. The lowest BCUT2D eigenvalue weighted by molar-refractivity contribution is -0.453. The summed E-state index contributed by atoms with van der Waals surface area (Å²) in [6.07, 6.45) is 0.114. The molecule has 0 aromatic heterocycles. The molecule has 1 fully saturated rings. The molecule has 18 heteroatoms. The first-order valence-electron chi connectivity index (χ1n) is 15.4. The fourth-order valence-corrected chi connectivity index (χ4v) is 5.75. The van der Waals surface area contributed by atoms with Gasteiger partial charge in [-0.3, -0.25) is 0 Å². The Hall–Kier alpha value is -3.65. The number of carbonyl (C=O) groups is 1. The maximum atomic E-state index is 14.5. The van der Waals surface area contributed by atoms with Crippen LogP contribution in [0.25, 0.3) is 0 Å². The van der Waals surface area contributed by atoms with E-state index >= 15 is 0 Å². The molecule has 0 unspecified atom stereocenters. The normalized spacial score (nSPS) is 19.8. The predicted molar refractivity (Wildman–Crippen MR) is 151 cm³/mol. The summed E-state index contributed by atoms with van der Waals surface area (Å²) in [5, 5.41) is 9.79. The molecule has 51 heavy (non-hydrogen) atoms.